The molecule has 248 valence electrons. The molecular weight excluding hydrogens is 600 g/mol. The van der Waals surface area contributed by atoms with Crippen LogP contribution in [0.3, 0.4) is 0 Å². The van der Waals surface area contributed by atoms with Crippen LogP contribution in [0.1, 0.15) is 75.1 Å². The maximum absolute atomic E-state index is 14.7. The second-order valence-electron chi connectivity index (χ2n) is 13.7. The molecule has 0 amide bonds. The van der Waals surface area contributed by atoms with Crippen LogP contribution in [0.5, 0.6) is 0 Å². The van der Waals surface area contributed by atoms with Crippen LogP contribution in [-0.2, 0) is 33.3 Å². The maximum atomic E-state index is 14.7. The van der Waals surface area contributed by atoms with Gasteiger partial charge in [0.15, 0.2) is 5.60 Å². The fraction of sp³-hybridized carbons (Fsp3) is 0.447. The molecule has 0 aliphatic heterocycles. The van der Waals surface area contributed by atoms with Gasteiger partial charge < -0.3 is 18.9 Å². The second kappa shape index (κ2) is 12.9. The van der Waals surface area contributed by atoms with Crippen molar-refractivity contribution in [3.63, 3.8) is 0 Å². The van der Waals surface area contributed by atoms with Crippen molar-refractivity contribution in [2.45, 2.75) is 78.3 Å². The summed E-state index contributed by atoms with van der Waals surface area (Å²) in [6, 6.07) is 16.9. The quantitative estimate of drug-likeness (QED) is 0.210. The molecule has 9 heteroatoms. The van der Waals surface area contributed by atoms with E-state index in [4.69, 9.17) is 18.9 Å². The van der Waals surface area contributed by atoms with E-state index in [0.717, 1.165) is 0 Å². The average Bonchev–Trinajstić information content (AvgIpc) is 3.41. The standard InChI is InChI=1S/C38H42O9/c1-21-18-28-29(37(28,6)7)19-30(45-35(42)26-14-10-8-11-15-26)23(3)33(44-24(4)39)31-32(46-36(43)27-16-12-9-13-17-27)22(2)20-38(31,34(21)41)47-25(5)40/h8-18,22,28-33H,3,19-20H2,1-2,4-7H3/b21-18-/t22-,28+,29-,30-,31+,32-,33-,38+/m0/s1. The summed E-state index contributed by atoms with van der Waals surface area (Å²) in [6.45, 7) is 14.4. The van der Waals surface area contributed by atoms with Crippen molar-refractivity contribution in [3.05, 3.63) is 95.6 Å². The number of carbonyl (C=O) groups is 5. The first kappa shape index (κ1) is 33.8. The van der Waals surface area contributed by atoms with E-state index in [0.29, 0.717) is 17.6 Å². The topological polar surface area (TPSA) is 122 Å². The molecule has 0 radical (unpaired) electrons. The molecule has 2 saturated carbocycles. The summed E-state index contributed by atoms with van der Waals surface area (Å²) in [5, 5.41) is 0. The van der Waals surface area contributed by atoms with Gasteiger partial charge in [-0.2, -0.15) is 0 Å². The van der Waals surface area contributed by atoms with Gasteiger partial charge >= 0.3 is 23.9 Å². The molecule has 0 spiro atoms. The molecule has 0 saturated heterocycles. The lowest BCUT2D eigenvalue weighted by Gasteiger charge is -2.40. The zero-order valence-corrected chi connectivity index (χ0v) is 27.7. The molecule has 47 heavy (non-hydrogen) atoms. The number of rotatable bonds is 6. The number of Topliss-reactive ketones (excluding diaryl/α,β-unsaturated/α-hetero) is 1. The Morgan fingerprint density at radius 3 is 1.91 bits per heavy atom. The summed E-state index contributed by atoms with van der Waals surface area (Å²) in [7, 11) is 0. The van der Waals surface area contributed by atoms with Crippen molar-refractivity contribution in [1.82, 2.24) is 0 Å². The van der Waals surface area contributed by atoms with Crippen LogP contribution in [0, 0.1) is 29.1 Å². The van der Waals surface area contributed by atoms with E-state index >= 15 is 0 Å². The predicted octanol–water partition coefficient (Wildman–Crippen LogP) is 6.07. The highest BCUT2D eigenvalue weighted by atomic mass is 16.6. The Hall–Kier alpha value is -4.53. The number of carbonyl (C=O) groups excluding carboxylic acids is 5. The van der Waals surface area contributed by atoms with E-state index < -0.39 is 65.4 Å². The third-order valence-electron chi connectivity index (χ3n) is 10.1. The molecule has 2 aromatic carbocycles. The van der Waals surface area contributed by atoms with E-state index in [-0.39, 0.29) is 34.8 Å². The largest absolute Gasteiger partial charge is 0.458 e. The van der Waals surface area contributed by atoms with Crippen molar-refractivity contribution < 1.29 is 42.9 Å². The van der Waals surface area contributed by atoms with Gasteiger partial charge in [-0.15, -0.1) is 0 Å². The number of ketones is 1. The number of benzene rings is 2. The molecule has 9 nitrogen and oxygen atoms in total. The first-order valence-corrected chi connectivity index (χ1v) is 16.0. The minimum Gasteiger partial charge on any atom is -0.458 e. The summed E-state index contributed by atoms with van der Waals surface area (Å²) >= 11 is 0. The van der Waals surface area contributed by atoms with Gasteiger partial charge in [0.05, 0.1) is 17.0 Å². The first-order chi connectivity index (χ1) is 22.2. The van der Waals surface area contributed by atoms with Gasteiger partial charge in [-0.05, 0) is 66.4 Å². The van der Waals surface area contributed by atoms with E-state index in [2.05, 4.69) is 20.4 Å². The molecule has 3 aliphatic rings. The van der Waals surface area contributed by atoms with Crippen LogP contribution >= 0.6 is 0 Å². The number of allylic oxidation sites excluding steroid dienone is 1. The fourth-order valence-corrected chi connectivity index (χ4v) is 7.64. The first-order valence-electron chi connectivity index (χ1n) is 16.0. The summed E-state index contributed by atoms with van der Waals surface area (Å²) in [5.74, 6) is -4.93. The molecule has 3 aliphatic carbocycles. The summed E-state index contributed by atoms with van der Waals surface area (Å²) in [4.78, 5) is 67.3. The fourth-order valence-electron chi connectivity index (χ4n) is 7.64. The lowest BCUT2D eigenvalue weighted by atomic mass is 9.76. The Kier molecular flexibility index (Phi) is 9.31. The SMILES string of the molecule is C=C1[C@@H](OC(=O)c2ccccc2)C[C@H]2[C@@H](/C=C(/C)C(=O)[C@@]3(OC(C)=O)C[C@H](C)[C@H](OC(=O)c4ccccc4)[C@@H]3[C@H]1OC(C)=O)C2(C)C. The predicted molar refractivity (Wildman–Crippen MR) is 172 cm³/mol. The van der Waals surface area contributed by atoms with E-state index in [1.165, 1.54) is 13.8 Å². The Morgan fingerprint density at radius 1 is 0.830 bits per heavy atom. The van der Waals surface area contributed by atoms with E-state index in [1.54, 1.807) is 74.5 Å². The minimum absolute atomic E-state index is 0.00893. The molecule has 8 atom stereocenters. The van der Waals surface area contributed by atoms with Crippen LogP contribution in [0.25, 0.3) is 0 Å². The number of hydrogen-bond acceptors (Lipinski definition) is 9. The average molecular weight is 643 g/mol. The number of esters is 4. The van der Waals surface area contributed by atoms with Crippen LogP contribution in [0.4, 0.5) is 0 Å². The van der Waals surface area contributed by atoms with Crippen molar-refractivity contribution in [1.29, 1.82) is 0 Å². The lowest BCUT2D eigenvalue weighted by Crippen LogP contribution is -2.55. The van der Waals surface area contributed by atoms with Crippen molar-refractivity contribution in [2.24, 2.45) is 29.1 Å². The van der Waals surface area contributed by atoms with Gasteiger partial charge in [-0.1, -0.05) is 69.8 Å². The smallest absolute Gasteiger partial charge is 0.338 e. The second-order valence-corrected chi connectivity index (χ2v) is 13.7. The summed E-state index contributed by atoms with van der Waals surface area (Å²) in [6.07, 6.45) is -1.13. The van der Waals surface area contributed by atoms with Gasteiger partial charge in [-0.25, -0.2) is 9.59 Å². The van der Waals surface area contributed by atoms with Gasteiger partial charge in [0.2, 0.25) is 5.78 Å². The summed E-state index contributed by atoms with van der Waals surface area (Å²) < 4.78 is 24.3. The minimum atomic E-state index is -1.89. The monoisotopic (exact) mass is 642 g/mol. The highest BCUT2D eigenvalue weighted by molar-refractivity contribution is 6.03. The third-order valence-corrected chi connectivity index (χ3v) is 10.1. The number of fused-ring (bicyclic) bond motifs is 2. The normalized spacial score (nSPS) is 32.3. The summed E-state index contributed by atoms with van der Waals surface area (Å²) in [5.41, 5.74) is -0.942. The van der Waals surface area contributed by atoms with E-state index in [9.17, 15) is 24.0 Å². The Bertz CT molecular complexity index is 1610. The van der Waals surface area contributed by atoms with Crippen molar-refractivity contribution in [2.75, 3.05) is 0 Å². The van der Waals surface area contributed by atoms with Crippen LogP contribution < -0.4 is 0 Å². The lowest BCUT2D eigenvalue weighted by molar-refractivity contribution is -0.179. The molecule has 0 unspecified atom stereocenters. The number of ether oxygens (including phenoxy) is 4. The zero-order valence-electron chi connectivity index (χ0n) is 27.7. The molecular formula is C38H42O9. The van der Waals surface area contributed by atoms with Gasteiger partial charge in [0.1, 0.15) is 18.3 Å². The molecule has 0 N–H and O–H groups in total. The van der Waals surface area contributed by atoms with Gasteiger partial charge in [-0.3, -0.25) is 14.4 Å². The highest BCUT2D eigenvalue weighted by Gasteiger charge is 2.66. The van der Waals surface area contributed by atoms with Crippen LogP contribution in [-0.4, -0.2) is 53.6 Å². The Morgan fingerprint density at radius 2 is 1.38 bits per heavy atom. The van der Waals surface area contributed by atoms with Crippen molar-refractivity contribution in [3.8, 4) is 0 Å². The zero-order chi connectivity index (χ0) is 34.3. The molecule has 2 aromatic rings. The third kappa shape index (κ3) is 6.53. The molecule has 0 heterocycles. The van der Waals surface area contributed by atoms with Crippen LogP contribution in [0.15, 0.2) is 84.5 Å². The van der Waals surface area contributed by atoms with Crippen LogP contribution in [0.2, 0.25) is 0 Å². The van der Waals surface area contributed by atoms with Gasteiger partial charge in [0.25, 0.3) is 0 Å². The number of hydrogen-bond donors (Lipinski definition) is 0. The molecule has 0 aromatic heterocycles. The van der Waals surface area contributed by atoms with Gasteiger partial charge in [0, 0.05) is 25.8 Å². The molecule has 0 bridgehead atoms. The molecule has 2 fully saturated rings. The Labute approximate surface area is 275 Å². The highest BCUT2D eigenvalue weighted by Crippen LogP contribution is 2.63. The Balaban J connectivity index is 1.68. The van der Waals surface area contributed by atoms with E-state index in [1.807, 2.05) is 6.08 Å². The molecule has 5 rings (SSSR count). The van der Waals surface area contributed by atoms with Crippen molar-refractivity contribution >= 4 is 29.7 Å². The maximum Gasteiger partial charge on any atom is 0.338 e.